The maximum Gasteiger partial charge on any atom is 0.191 e. The molecule has 0 amide bonds. The van der Waals surface area contributed by atoms with Gasteiger partial charge in [0.25, 0.3) is 0 Å². The van der Waals surface area contributed by atoms with Crippen LogP contribution in [0.5, 0.6) is 0 Å². The van der Waals surface area contributed by atoms with Gasteiger partial charge in [-0.1, -0.05) is 36.4 Å². The van der Waals surface area contributed by atoms with Gasteiger partial charge in [-0.25, -0.2) is 8.42 Å². The second kappa shape index (κ2) is 11.7. The van der Waals surface area contributed by atoms with Crippen molar-refractivity contribution in [2.45, 2.75) is 69.6 Å². The molecule has 208 valence electrons. The van der Waals surface area contributed by atoms with Crippen molar-refractivity contribution in [3.8, 4) is 11.3 Å². The van der Waals surface area contributed by atoms with Crippen LogP contribution in [0.1, 0.15) is 68.4 Å². The largest absolute Gasteiger partial charge is 0.368 e. The molecular weight excluding hydrogens is 512 g/mol. The molecule has 2 aliphatic carbocycles. The maximum absolute atomic E-state index is 13.2. The van der Waals surface area contributed by atoms with Gasteiger partial charge in [0.15, 0.2) is 21.6 Å². The van der Waals surface area contributed by atoms with E-state index >= 15 is 0 Å². The Kier molecular flexibility index (Phi) is 8.35. The molecule has 1 aliphatic heterocycles. The van der Waals surface area contributed by atoms with Gasteiger partial charge in [-0.3, -0.25) is 9.79 Å². The van der Waals surface area contributed by atoms with Gasteiger partial charge in [0.2, 0.25) is 0 Å². The molecule has 3 atom stereocenters. The Morgan fingerprint density at radius 2 is 1.87 bits per heavy atom. The van der Waals surface area contributed by atoms with Crippen molar-refractivity contribution in [3.05, 3.63) is 81.0 Å². The van der Waals surface area contributed by atoms with Crippen molar-refractivity contribution in [3.63, 3.8) is 0 Å². The summed E-state index contributed by atoms with van der Waals surface area (Å²) in [6, 6.07) is 9.99. The Morgan fingerprint density at radius 3 is 2.54 bits per heavy atom. The SMILES string of the molecule is COC(O)CC1CCC(c2ccc(-c3cc(=O)c(C4=NC5C=CC(S(C)(=O)=O)=CC5CCC4)c[nH]3)cc2)CC1. The van der Waals surface area contributed by atoms with E-state index in [1.165, 1.54) is 11.8 Å². The first-order chi connectivity index (χ1) is 18.7. The summed E-state index contributed by atoms with van der Waals surface area (Å²) in [7, 11) is -1.70. The monoisotopic (exact) mass is 550 g/mol. The number of hydrogen-bond acceptors (Lipinski definition) is 6. The van der Waals surface area contributed by atoms with Crippen LogP contribution in [0.4, 0.5) is 0 Å². The summed E-state index contributed by atoms with van der Waals surface area (Å²) in [5.74, 6) is 1.06. The Bertz CT molecular complexity index is 1430. The molecule has 1 aromatic heterocycles. The average molecular weight is 551 g/mol. The van der Waals surface area contributed by atoms with Crippen LogP contribution >= 0.6 is 0 Å². The van der Waals surface area contributed by atoms with Crippen LogP contribution in [0.3, 0.4) is 0 Å². The molecule has 2 heterocycles. The number of benzene rings is 1. The fraction of sp³-hybridized carbons (Fsp3) is 0.484. The molecule has 0 radical (unpaired) electrons. The van der Waals surface area contributed by atoms with Crippen molar-refractivity contribution < 1.29 is 18.3 Å². The van der Waals surface area contributed by atoms with Gasteiger partial charge in [-0.15, -0.1) is 0 Å². The number of sulfone groups is 1. The fourth-order valence-electron chi connectivity index (χ4n) is 6.21. The highest BCUT2D eigenvalue weighted by molar-refractivity contribution is 7.94. The van der Waals surface area contributed by atoms with E-state index in [1.807, 2.05) is 12.2 Å². The molecule has 1 aromatic carbocycles. The lowest BCUT2D eigenvalue weighted by Gasteiger charge is -2.29. The Morgan fingerprint density at radius 1 is 1.13 bits per heavy atom. The van der Waals surface area contributed by atoms with E-state index in [2.05, 4.69) is 29.2 Å². The van der Waals surface area contributed by atoms with Gasteiger partial charge in [0.1, 0.15) is 0 Å². The number of aliphatic imine (C=N–C) groups is 1. The zero-order valence-corrected chi connectivity index (χ0v) is 23.5. The minimum absolute atomic E-state index is 0.0288. The fourth-order valence-corrected chi connectivity index (χ4v) is 6.95. The highest BCUT2D eigenvalue weighted by Gasteiger charge is 2.27. The van der Waals surface area contributed by atoms with E-state index in [-0.39, 0.29) is 17.4 Å². The maximum atomic E-state index is 13.2. The summed E-state index contributed by atoms with van der Waals surface area (Å²) >= 11 is 0. The first-order valence-electron chi connectivity index (χ1n) is 13.9. The first kappa shape index (κ1) is 27.7. The highest BCUT2D eigenvalue weighted by Crippen LogP contribution is 2.38. The molecule has 2 aromatic rings. The van der Waals surface area contributed by atoms with Crippen LogP contribution in [-0.2, 0) is 14.6 Å². The zero-order chi connectivity index (χ0) is 27.6. The van der Waals surface area contributed by atoms with Crippen LogP contribution in [0, 0.1) is 11.8 Å². The second-order valence-corrected chi connectivity index (χ2v) is 13.2. The van der Waals surface area contributed by atoms with Crippen LogP contribution < -0.4 is 5.43 Å². The molecule has 7 nitrogen and oxygen atoms in total. The number of fused-ring (bicyclic) bond motifs is 1. The Balaban J connectivity index is 1.27. The number of nitrogens with zero attached hydrogens (tertiary/aromatic N) is 1. The van der Waals surface area contributed by atoms with Gasteiger partial charge in [0.05, 0.1) is 16.5 Å². The highest BCUT2D eigenvalue weighted by atomic mass is 32.2. The minimum atomic E-state index is -3.25. The number of H-pyrrole nitrogens is 1. The van der Waals surface area contributed by atoms with Crippen molar-refractivity contribution in [1.82, 2.24) is 4.98 Å². The smallest absolute Gasteiger partial charge is 0.191 e. The Labute approximate surface area is 230 Å². The van der Waals surface area contributed by atoms with Crippen molar-refractivity contribution in [2.24, 2.45) is 16.8 Å². The number of pyridine rings is 1. The van der Waals surface area contributed by atoms with Crippen molar-refractivity contribution in [2.75, 3.05) is 13.4 Å². The topological polar surface area (TPSA) is 109 Å². The quantitative estimate of drug-likeness (QED) is 0.465. The third-order valence-electron chi connectivity index (χ3n) is 8.53. The molecule has 2 N–H and O–H groups in total. The second-order valence-electron chi connectivity index (χ2n) is 11.2. The molecular formula is C31H38N2O5S. The number of allylic oxidation sites excluding steroid dienone is 1. The number of aromatic nitrogens is 1. The molecule has 39 heavy (non-hydrogen) atoms. The molecule has 0 bridgehead atoms. The summed E-state index contributed by atoms with van der Waals surface area (Å²) in [4.78, 5) is 21.7. The van der Waals surface area contributed by atoms with Gasteiger partial charge >= 0.3 is 0 Å². The Hall–Kier alpha value is -2.81. The van der Waals surface area contributed by atoms with Crippen molar-refractivity contribution >= 4 is 15.5 Å². The number of nitrogens with one attached hydrogen (secondary N) is 1. The molecule has 1 fully saturated rings. The van der Waals surface area contributed by atoms with Crippen molar-refractivity contribution in [1.29, 1.82) is 0 Å². The normalized spacial score (nSPS) is 26.2. The lowest BCUT2D eigenvalue weighted by atomic mass is 9.77. The molecule has 3 unspecified atom stereocenters. The molecule has 8 heteroatoms. The van der Waals surface area contributed by atoms with E-state index in [4.69, 9.17) is 9.73 Å². The predicted octanol–water partition coefficient (Wildman–Crippen LogP) is 5.13. The van der Waals surface area contributed by atoms with Crippen LogP contribution in [-0.4, -0.2) is 49.9 Å². The third-order valence-corrected chi connectivity index (χ3v) is 9.66. The third kappa shape index (κ3) is 6.51. The van der Waals surface area contributed by atoms with Gasteiger partial charge in [-0.2, -0.15) is 0 Å². The summed E-state index contributed by atoms with van der Waals surface area (Å²) < 4.78 is 28.9. The van der Waals surface area contributed by atoms with Crippen LogP contribution in [0.25, 0.3) is 11.3 Å². The van der Waals surface area contributed by atoms with Gasteiger partial charge < -0.3 is 14.8 Å². The number of aromatic amines is 1. The number of rotatable bonds is 7. The van der Waals surface area contributed by atoms with Crippen LogP contribution in [0.2, 0.25) is 0 Å². The molecule has 3 aliphatic rings. The molecule has 5 rings (SSSR count). The lowest BCUT2D eigenvalue weighted by molar-refractivity contribution is -0.0897. The summed E-state index contributed by atoms with van der Waals surface area (Å²) in [5.41, 5.74) is 4.36. The van der Waals surface area contributed by atoms with Gasteiger partial charge in [0, 0.05) is 49.4 Å². The molecule has 0 saturated heterocycles. The summed E-state index contributed by atoms with van der Waals surface area (Å²) in [6.07, 6.45) is 15.1. The number of hydrogen-bond donors (Lipinski definition) is 2. The standard InChI is InChI=1S/C31H38N2O5S/c1-38-31(35)16-20-6-8-21(9-7-20)22-10-12-23(13-11-22)29-18-30(34)26(19-32-29)28-5-3-4-24-17-25(39(2,36)37)14-15-27(24)33-28/h10-15,17-21,24,27,31,35H,3-9,16H2,1-2H3,(H,32,34). The molecule has 0 spiro atoms. The average Bonchev–Trinajstić information content (AvgIpc) is 3.15. The lowest BCUT2D eigenvalue weighted by Crippen LogP contribution is -2.21. The van der Waals surface area contributed by atoms with E-state index in [1.54, 1.807) is 25.4 Å². The van der Waals surface area contributed by atoms with Gasteiger partial charge in [-0.05, 0) is 74.0 Å². The number of aliphatic hydroxyl groups is 1. The number of aliphatic hydroxyl groups excluding tert-OH is 1. The minimum Gasteiger partial charge on any atom is -0.368 e. The number of ether oxygens (including phenoxy) is 1. The van der Waals surface area contributed by atoms with E-state index in [9.17, 15) is 18.3 Å². The number of methoxy groups -OCH3 is 1. The van der Waals surface area contributed by atoms with E-state index in [0.717, 1.165) is 55.5 Å². The summed E-state index contributed by atoms with van der Waals surface area (Å²) in [6.45, 7) is 0. The molecule has 1 saturated carbocycles. The van der Waals surface area contributed by atoms with Crippen LogP contribution in [0.15, 0.2) is 69.4 Å². The summed E-state index contributed by atoms with van der Waals surface area (Å²) in [5, 5.41) is 9.76. The predicted molar refractivity (Wildman–Crippen MR) is 155 cm³/mol. The van der Waals surface area contributed by atoms with E-state index < -0.39 is 16.1 Å². The van der Waals surface area contributed by atoms with E-state index in [0.29, 0.717) is 35.1 Å². The zero-order valence-electron chi connectivity index (χ0n) is 22.7. The first-order valence-corrected chi connectivity index (χ1v) is 15.8.